The Kier molecular flexibility index (Phi) is 2.89. The van der Waals surface area contributed by atoms with Crippen molar-refractivity contribution >= 4 is 17.5 Å². The van der Waals surface area contributed by atoms with Crippen molar-refractivity contribution in [2.24, 2.45) is 0 Å². The molecule has 0 amide bonds. The molecule has 1 aromatic rings. The monoisotopic (exact) mass is 214 g/mol. The Hall–Kier alpha value is -0.970. The summed E-state index contributed by atoms with van der Waals surface area (Å²) < 4.78 is 4.16. The van der Waals surface area contributed by atoms with E-state index in [4.69, 9.17) is 5.11 Å². The van der Waals surface area contributed by atoms with Crippen LogP contribution in [-0.4, -0.2) is 20.4 Å². The first-order valence-electron chi connectivity index (χ1n) is 4.39. The molecule has 0 bridgehead atoms. The molecule has 1 heterocycles. The first-order valence-corrected chi connectivity index (χ1v) is 5.16. The Balaban J connectivity index is 2.94. The summed E-state index contributed by atoms with van der Waals surface area (Å²) in [6.45, 7) is 7.63. The number of aromatic nitrogens is 2. The summed E-state index contributed by atoms with van der Waals surface area (Å²) >= 11 is 1.17. The van der Waals surface area contributed by atoms with Crippen molar-refractivity contribution in [2.45, 2.75) is 39.0 Å². The maximum absolute atomic E-state index is 10.7. The second-order valence-corrected chi connectivity index (χ2v) is 5.05. The highest BCUT2D eigenvalue weighted by Gasteiger charge is 2.23. The average Bonchev–Trinajstić information content (AvgIpc) is 2.49. The van der Waals surface area contributed by atoms with Crippen LogP contribution in [0.4, 0.5) is 0 Å². The first-order chi connectivity index (χ1) is 6.32. The average molecular weight is 214 g/mol. The quantitative estimate of drug-likeness (QED) is 0.818. The third-order valence-electron chi connectivity index (χ3n) is 1.85. The Bertz CT molecular complexity index is 341. The molecule has 0 radical (unpaired) electrons. The molecular formula is C9H14N2O2S. The van der Waals surface area contributed by atoms with Gasteiger partial charge in [0.1, 0.15) is 16.7 Å². The van der Waals surface area contributed by atoms with E-state index in [2.05, 4.69) is 9.36 Å². The van der Waals surface area contributed by atoms with Crippen molar-refractivity contribution in [1.29, 1.82) is 0 Å². The number of carboxylic acid groups (broad SMARTS) is 1. The van der Waals surface area contributed by atoms with Gasteiger partial charge in [0.25, 0.3) is 0 Å². The molecule has 1 atom stereocenters. The molecule has 0 aliphatic rings. The Labute approximate surface area is 87.2 Å². The summed E-state index contributed by atoms with van der Waals surface area (Å²) in [6.07, 6.45) is 0. The summed E-state index contributed by atoms with van der Waals surface area (Å²) in [5, 5.41) is 9.36. The number of aliphatic carboxylic acids is 1. The minimum absolute atomic E-state index is 0.118. The molecule has 14 heavy (non-hydrogen) atoms. The molecule has 0 spiro atoms. The summed E-state index contributed by atoms with van der Waals surface area (Å²) in [6, 6.07) is 0. The van der Waals surface area contributed by atoms with Gasteiger partial charge < -0.3 is 5.11 Å². The van der Waals surface area contributed by atoms with E-state index >= 15 is 0 Å². The van der Waals surface area contributed by atoms with E-state index in [-0.39, 0.29) is 5.41 Å². The largest absolute Gasteiger partial charge is 0.481 e. The van der Waals surface area contributed by atoms with Crippen molar-refractivity contribution in [3.05, 3.63) is 10.8 Å². The minimum Gasteiger partial charge on any atom is -0.481 e. The molecule has 0 aliphatic carbocycles. The van der Waals surface area contributed by atoms with Gasteiger partial charge in [-0.15, -0.1) is 0 Å². The van der Waals surface area contributed by atoms with Gasteiger partial charge in [0, 0.05) is 5.41 Å². The predicted octanol–water partition coefficient (Wildman–Crippen LogP) is 2.02. The van der Waals surface area contributed by atoms with Gasteiger partial charge in [-0.3, -0.25) is 4.79 Å². The van der Waals surface area contributed by atoms with Crippen LogP contribution in [0.2, 0.25) is 0 Å². The van der Waals surface area contributed by atoms with Crippen molar-refractivity contribution in [3.63, 3.8) is 0 Å². The Morgan fingerprint density at radius 2 is 2.07 bits per heavy atom. The summed E-state index contributed by atoms with van der Waals surface area (Å²) in [4.78, 5) is 14.9. The summed E-state index contributed by atoms with van der Waals surface area (Å²) in [5.74, 6) is -0.712. The SMILES string of the molecule is CC(C(=O)O)c1nc(C(C)(C)C)ns1. The number of carboxylic acids is 1. The van der Waals surface area contributed by atoms with E-state index in [0.29, 0.717) is 10.8 Å². The molecular weight excluding hydrogens is 200 g/mol. The summed E-state index contributed by atoms with van der Waals surface area (Å²) in [5.41, 5.74) is -0.118. The molecule has 5 heteroatoms. The standard InChI is InChI=1S/C9H14N2O2S/c1-5(7(12)13)6-10-8(11-14-6)9(2,3)4/h5H,1-4H3,(H,12,13). The molecule has 0 saturated carbocycles. The number of hydrogen-bond donors (Lipinski definition) is 1. The molecule has 78 valence electrons. The molecule has 0 aliphatic heterocycles. The molecule has 1 N–H and O–H groups in total. The smallest absolute Gasteiger partial charge is 0.313 e. The Morgan fingerprint density at radius 3 is 2.43 bits per heavy atom. The van der Waals surface area contributed by atoms with Crippen molar-refractivity contribution in [1.82, 2.24) is 9.36 Å². The molecule has 4 nitrogen and oxygen atoms in total. The third-order valence-corrected chi connectivity index (χ3v) is 2.75. The fourth-order valence-electron chi connectivity index (χ4n) is 0.821. The van der Waals surface area contributed by atoms with Crippen LogP contribution in [0.1, 0.15) is 44.4 Å². The highest BCUT2D eigenvalue weighted by Crippen LogP contribution is 2.24. The molecule has 1 unspecified atom stereocenters. The van der Waals surface area contributed by atoms with Crippen molar-refractivity contribution in [2.75, 3.05) is 0 Å². The highest BCUT2D eigenvalue weighted by atomic mass is 32.1. The molecule has 0 fully saturated rings. The second-order valence-electron chi connectivity index (χ2n) is 4.27. The van der Waals surface area contributed by atoms with Crippen LogP contribution in [0.25, 0.3) is 0 Å². The van der Waals surface area contributed by atoms with Crippen LogP contribution in [-0.2, 0) is 10.2 Å². The van der Waals surface area contributed by atoms with E-state index < -0.39 is 11.9 Å². The van der Waals surface area contributed by atoms with Gasteiger partial charge in [-0.1, -0.05) is 20.8 Å². The van der Waals surface area contributed by atoms with E-state index in [1.165, 1.54) is 11.5 Å². The predicted molar refractivity (Wildman–Crippen MR) is 54.7 cm³/mol. The number of nitrogens with zero attached hydrogens (tertiary/aromatic N) is 2. The Morgan fingerprint density at radius 1 is 1.50 bits per heavy atom. The normalized spacial score (nSPS) is 14.0. The summed E-state index contributed by atoms with van der Waals surface area (Å²) in [7, 11) is 0. The minimum atomic E-state index is -0.860. The molecule has 0 saturated heterocycles. The van der Waals surface area contributed by atoms with Crippen LogP contribution >= 0.6 is 11.5 Å². The first kappa shape index (κ1) is 11.1. The van der Waals surface area contributed by atoms with Crippen molar-refractivity contribution < 1.29 is 9.90 Å². The lowest BCUT2D eigenvalue weighted by Crippen LogP contribution is -2.14. The van der Waals surface area contributed by atoms with Crippen LogP contribution < -0.4 is 0 Å². The highest BCUT2D eigenvalue weighted by molar-refractivity contribution is 7.05. The molecule has 1 rings (SSSR count). The van der Waals surface area contributed by atoms with Crippen molar-refractivity contribution in [3.8, 4) is 0 Å². The fourth-order valence-corrected chi connectivity index (χ4v) is 1.70. The third kappa shape index (κ3) is 2.29. The van der Waals surface area contributed by atoms with Gasteiger partial charge in [0.15, 0.2) is 0 Å². The van der Waals surface area contributed by atoms with E-state index in [9.17, 15) is 4.79 Å². The zero-order chi connectivity index (χ0) is 10.9. The van der Waals surface area contributed by atoms with Gasteiger partial charge in [-0.25, -0.2) is 4.98 Å². The maximum atomic E-state index is 10.7. The topological polar surface area (TPSA) is 63.1 Å². The van der Waals surface area contributed by atoms with Crippen LogP contribution in [0.5, 0.6) is 0 Å². The van der Waals surface area contributed by atoms with E-state index in [0.717, 1.165) is 0 Å². The molecule has 1 aromatic heterocycles. The van der Waals surface area contributed by atoms with Gasteiger partial charge in [0.2, 0.25) is 0 Å². The number of carbonyl (C=O) groups is 1. The molecule has 0 aromatic carbocycles. The lowest BCUT2D eigenvalue weighted by Gasteiger charge is -2.12. The zero-order valence-electron chi connectivity index (χ0n) is 8.74. The number of rotatable bonds is 2. The van der Waals surface area contributed by atoms with Crippen LogP contribution in [0, 0.1) is 0 Å². The van der Waals surface area contributed by atoms with Crippen LogP contribution in [0.15, 0.2) is 0 Å². The second kappa shape index (κ2) is 3.65. The lowest BCUT2D eigenvalue weighted by atomic mass is 9.96. The van der Waals surface area contributed by atoms with E-state index in [1.807, 2.05) is 20.8 Å². The fraction of sp³-hybridized carbons (Fsp3) is 0.667. The maximum Gasteiger partial charge on any atom is 0.313 e. The van der Waals surface area contributed by atoms with Gasteiger partial charge >= 0.3 is 5.97 Å². The van der Waals surface area contributed by atoms with Gasteiger partial charge in [-0.05, 0) is 18.5 Å². The lowest BCUT2D eigenvalue weighted by molar-refractivity contribution is -0.138. The van der Waals surface area contributed by atoms with E-state index in [1.54, 1.807) is 6.92 Å². The number of hydrogen-bond acceptors (Lipinski definition) is 4. The van der Waals surface area contributed by atoms with Gasteiger partial charge in [-0.2, -0.15) is 4.37 Å². The van der Waals surface area contributed by atoms with Gasteiger partial charge in [0.05, 0.1) is 0 Å². The zero-order valence-corrected chi connectivity index (χ0v) is 9.55. The van der Waals surface area contributed by atoms with Crippen LogP contribution in [0.3, 0.4) is 0 Å².